The summed E-state index contributed by atoms with van der Waals surface area (Å²) in [5, 5.41) is 0. The third kappa shape index (κ3) is 1.97. The topological polar surface area (TPSA) is 17.1 Å². The Labute approximate surface area is 108 Å². The van der Waals surface area contributed by atoms with E-state index in [0.717, 1.165) is 17.5 Å². The van der Waals surface area contributed by atoms with Crippen molar-refractivity contribution < 1.29 is 4.79 Å². The molecule has 2 rings (SSSR count). The van der Waals surface area contributed by atoms with Crippen molar-refractivity contribution in [3.8, 4) is 0 Å². The van der Waals surface area contributed by atoms with Crippen molar-refractivity contribution in [1.82, 2.24) is 0 Å². The molecule has 18 heavy (non-hydrogen) atoms. The Balaban J connectivity index is 2.65. The van der Waals surface area contributed by atoms with Crippen LogP contribution in [-0.4, -0.2) is 5.78 Å². The molecule has 0 unspecified atom stereocenters. The molecule has 0 bridgehead atoms. The SMILES string of the molecule is CCC(C(C)=O)(c1ccccc1)c1ccccc1. The van der Waals surface area contributed by atoms with Crippen LogP contribution in [0, 0.1) is 0 Å². The molecule has 92 valence electrons. The Morgan fingerprint density at radius 2 is 1.28 bits per heavy atom. The van der Waals surface area contributed by atoms with Gasteiger partial charge in [0.25, 0.3) is 0 Å². The molecule has 0 spiro atoms. The first-order valence-electron chi connectivity index (χ1n) is 6.34. The maximum atomic E-state index is 12.3. The number of ketones is 1. The molecule has 0 atom stereocenters. The molecule has 1 nitrogen and oxygen atoms in total. The Morgan fingerprint density at radius 1 is 0.889 bits per heavy atom. The number of benzene rings is 2. The normalized spacial score (nSPS) is 11.2. The minimum atomic E-state index is -0.511. The highest BCUT2D eigenvalue weighted by Gasteiger charge is 2.36. The van der Waals surface area contributed by atoms with Crippen molar-refractivity contribution in [3.63, 3.8) is 0 Å². The zero-order valence-electron chi connectivity index (χ0n) is 10.9. The molecule has 2 aromatic rings. The molecule has 0 saturated carbocycles. The van der Waals surface area contributed by atoms with Gasteiger partial charge in [-0.05, 0) is 24.5 Å². The van der Waals surface area contributed by atoms with Crippen molar-refractivity contribution in [2.24, 2.45) is 0 Å². The number of Topliss-reactive ketones (excluding diaryl/α,β-unsaturated/α-hetero) is 1. The van der Waals surface area contributed by atoms with E-state index in [1.165, 1.54) is 0 Å². The summed E-state index contributed by atoms with van der Waals surface area (Å²) < 4.78 is 0. The van der Waals surface area contributed by atoms with Crippen LogP contribution in [0.5, 0.6) is 0 Å². The number of carbonyl (C=O) groups excluding carboxylic acids is 1. The summed E-state index contributed by atoms with van der Waals surface area (Å²) in [5.74, 6) is 0.197. The van der Waals surface area contributed by atoms with Crippen LogP contribution in [0.4, 0.5) is 0 Å². The zero-order chi connectivity index (χ0) is 13.0. The van der Waals surface area contributed by atoms with Gasteiger partial charge in [-0.3, -0.25) is 4.79 Å². The first kappa shape index (κ1) is 12.6. The van der Waals surface area contributed by atoms with Gasteiger partial charge < -0.3 is 0 Å². The van der Waals surface area contributed by atoms with E-state index in [9.17, 15) is 4.79 Å². The minimum Gasteiger partial charge on any atom is -0.299 e. The zero-order valence-corrected chi connectivity index (χ0v) is 10.9. The molecular weight excluding hydrogens is 220 g/mol. The van der Waals surface area contributed by atoms with Gasteiger partial charge in [0.2, 0.25) is 0 Å². The monoisotopic (exact) mass is 238 g/mol. The van der Waals surface area contributed by atoms with Crippen LogP contribution in [0.1, 0.15) is 31.4 Å². The first-order chi connectivity index (χ1) is 8.71. The second-order valence-corrected chi connectivity index (χ2v) is 4.55. The Bertz CT molecular complexity index is 474. The molecule has 1 heteroatoms. The van der Waals surface area contributed by atoms with Crippen LogP contribution in [-0.2, 0) is 10.2 Å². The van der Waals surface area contributed by atoms with Crippen molar-refractivity contribution in [3.05, 3.63) is 71.8 Å². The van der Waals surface area contributed by atoms with Crippen LogP contribution in [0.2, 0.25) is 0 Å². The van der Waals surface area contributed by atoms with Crippen molar-refractivity contribution >= 4 is 5.78 Å². The fourth-order valence-electron chi connectivity index (χ4n) is 2.68. The highest BCUT2D eigenvalue weighted by Crippen LogP contribution is 2.36. The lowest BCUT2D eigenvalue weighted by Gasteiger charge is -2.31. The Morgan fingerprint density at radius 3 is 1.56 bits per heavy atom. The maximum absolute atomic E-state index is 12.3. The first-order valence-corrected chi connectivity index (χ1v) is 6.34. The average molecular weight is 238 g/mol. The van der Waals surface area contributed by atoms with Crippen molar-refractivity contribution in [2.75, 3.05) is 0 Å². The van der Waals surface area contributed by atoms with Crippen LogP contribution < -0.4 is 0 Å². The van der Waals surface area contributed by atoms with Crippen molar-refractivity contribution in [2.45, 2.75) is 25.7 Å². The van der Waals surface area contributed by atoms with Gasteiger partial charge in [0, 0.05) is 0 Å². The molecule has 0 aliphatic rings. The standard InChI is InChI=1S/C17H18O/c1-3-17(14(2)18,15-10-6-4-7-11-15)16-12-8-5-9-13-16/h4-13H,3H2,1-2H3. The van der Waals surface area contributed by atoms with Gasteiger partial charge in [-0.25, -0.2) is 0 Å². The molecule has 0 N–H and O–H groups in total. The second kappa shape index (κ2) is 5.18. The summed E-state index contributed by atoms with van der Waals surface area (Å²) in [7, 11) is 0. The molecule has 0 heterocycles. The summed E-state index contributed by atoms with van der Waals surface area (Å²) in [6.07, 6.45) is 0.774. The summed E-state index contributed by atoms with van der Waals surface area (Å²) >= 11 is 0. The predicted octanol–water partition coefficient (Wildman–Crippen LogP) is 3.97. The lowest BCUT2D eigenvalue weighted by atomic mass is 9.70. The van der Waals surface area contributed by atoms with Gasteiger partial charge in [0.15, 0.2) is 0 Å². The molecule has 0 saturated heterocycles. The third-order valence-electron chi connectivity index (χ3n) is 3.66. The largest absolute Gasteiger partial charge is 0.299 e. The predicted molar refractivity (Wildman–Crippen MR) is 74.6 cm³/mol. The molecule has 2 aromatic carbocycles. The minimum absolute atomic E-state index is 0.197. The van der Waals surface area contributed by atoms with E-state index in [0.29, 0.717) is 0 Å². The quantitative estimate of drug-likeness (QED) is 0.787. The average Bonchev–Trinajstić information content (AvgIpc) is 2.42. The number of hydrogen-bond acceptors (Lipinski definition) is 1. The third-order valence-corrected chi connectivity index (χ3v) is 3.66. The molecule has 0 radical (unpaired) electrons. The summed E-state index contributed by atoms with van der Waals surface area (Å²) in [6, 6.07) is 20.1. The molecule has 0 fully saturated rings. The van der Waals surface area contributed by atoms with E-state index >= 15 is 0 Å². The number of rotatable bonds is 4. The van der Waals surface area contributed by atoms with Gasteiger partial charge in [0.1, 0.15) is 5.78 Å². The van der Waals surface area contributed by atoms with E-state index < -0.39 is 5.41 Å². The van der Waals surface area contributed by atoms with E-state index in [-0.39, 0.29) is 5.78 Å². The van der Waals surface area contributed by atoms with Crippen LogP contribution in [0.3, 0.4) is 0 Å². The van der Waals surface area contributed by atoms with E-state index in [4.69, 9.17) is 0 Å². The van der Waals surface area contributed by atoms with Crippen LogP contribution >= 0.6 is 0 Å². The van der Waals surface area contributed by atoms with Gasteiger partial charge in [-0.1, -0.05) is 67.6 Å². The molecule has 0 aliphatic carbocycles. The molecular formula is C17H18O. The van der Waals surface area contributed by atoms with E-state index in [2.05, 4.69) is 6.92 Å². The summed E-state index contributed by atoms with van der Waals surface area (Å²) in [4.78, 5) is 12.3. The highest BCUT2D eigenvalue weighted by atomic mass is 16.1. The lowest BCUT2D eigenvalue weighted by molar-refractivity contribution is -0.121. The van der Waals surface area contributed by atoms with Crippen molar-refractivity contribution in [1.29, 1.82) is 0 Å². The lowest BCUT2D eigenvalue weighted by Crippen LogP contribution is -2.34. The summed E-state index contributed by atoms with van der Waals surface area (Å²) in [6.45, 7) is 3.75. The van der Waals surface area contributed by atoms with Crippen LogP contribution in [0.15, 0.2) is 60.7 Å². The molecule has 0 aliphatic heterocycles. The number of carbonyl (C=O) groups is 1. The molecule has 0 aromatic heterocycles. The Kier molecular flexibility index (Phi) is 3.61. The Hall–Kier alpha value is -1.89. The summed E-state index contributed by atoms with van der Waals surface area (Å²) in [5.41, 5.74) is 1.64. The van der Waals surface area contributed by atoms with Gasteiger partial charge in [0.05, 0.1) is 5.41 Å². The van der Waals surface area contributed by atoms with Gasteiger partial charge >= 0.3 is 0 Å². The van der Waals surface area contributed by atoms with E-state index in [1.54, 1.807) is 6.92 Å². The number of hydrogen-bond donors (Lipinski definition) is 0. The smallest absolute Gasteiger partial charge is 0.144 e. The fourth-order valence-corrected chi connectivity index (χ4v) is 2.68. The highest BCUT2D eigenvalue weighted by molar-refractivity contribution is 5.91. The van der Waals surface area contributed by atoms with Gasteiger partial charge in [-0.2, -0.15) is 0 Å². The van der Waals surface area contributed by atoms with E-state index in [1.807, 2.05) is 60.7 Å². The second-order valence-electron chi connectivity index (χ2n) is 4.55. The fraction of sp³-hybridized carbons (Fsp3) is 0.235. The molecule has 0 amide bonds. The maximum Gasteiger partial charge on any atom is 0.144 e. The van der Waals surface area contributed by atoms with Gasteiger partial charge in [-0.15, -0.1) is 0 Å². The van der Waals surface area contributed by atoms with Crippen LogP contribution in [0.25, 0.3) is 0 Å².